The van der Waals surface area contributed by atoms with E-state index in [1.54, 1.807) is 11.9 Å². The van der Waals surface area contributed by atoms with Crippen molar-refractivity contribution in [2.45, 2.75) is 19.5 Å². The maximum atomic E-state index is 12.7. The van der Waals surface area contributed by atoms with Crippen molar-refractivity contribution >= 4 is 33.3 Å². The molecule has 2 rings (SSSR count). The third-order valence-electron chi connectivity index (χ3n) is 3.56. The van der Waals surface area contributed by atoms with Crippen LogP contribution in [0.2, 0.25) is 0 Å². The van der Waals surface area contributed by atoms with Crippen LogP contribution in [0.4, 0.5) is 24.5 Å². The Morgan fingerprint density at radius 3 is 2.50 bits per heavy atom. The molecule has 24 heavy (non-hydrogen) atoms. The van der Waals surface area contributed by atoms with Crippen LogP contribution >= 0.6 is 15.9 Å². The van der Waals surface area contributed by atoms with Crippen LogP contribution in [-0.2, 0) is 12.6 Å². The van der Waals surface area contributed by atoms with Crippen molar-refractivity contribution < 1.29 is 13.2 Å². The van der Waals surface area contributed by atoms with Crippen molar-refractivity contribution in [3.63, 3.8) is 0 Å². The van der Waals surface area contributed by atoms with E-state index in [9.17, 15) is 13.2 Å². The standard InChI is InChI=1S/C17H17BrF3N3/c1-3-11-5-4-6-13(9-11)24(2)16(22)23-15-8-7-12(10-14(15)18)17(19,20)21/h4-10H,3H2,1-2H3,(H2,22,23). The fourth-order valence-electron chi connectivity index (χ4n) is 2.09. The highest BCUT2D eigenvalue weighted by atomic mass is 79.9. The predicted molar refractivity (Wildman–Crippen MR) is 94.6 cm³/mol. The van der Waals surface area contributed by atoms with E-state index in [1.165, 1.54) is 6.07 Å². The number of alkyl halides is 3. The molecule has 0 amide bonds. The van der Waals surface area contributed by atoms with Gasteiger partial charge in [0.1, 0.15) is 0 Å². The van der Waals surface area contributed by atoms with E-state index in [0.29, 0.717) is 5.69 Å². The molecule has 0 bridgehead atoms. The van der Waals surface area contributed by atoms with Gasteiger partial charge in [-0.05, 0) is 58.2 Å². The summed E-state index contributed by atoms with van der Waals surface area (Å²) in [5.41, 5.74) is 7.61. The number of nitrogens with two attached hydrogens (primary N) is 1. The van der Waals surface area contributed by atoms with Gasteiger partial charge in [0.15, 0.2) is 0 Å². The fraction of sp³-hybridized carbons (Fsp3) is 0.235. The van der Waals surface area contributed by atoms with Gasteiger partial charge in [-0.1, -0.05) is 19.1 Å². The summed E-state index contributed by atoms with van der Waals surface area (Å²) >= 11 is 3.12. The van der Waals surface area contributed by atoms with E-state index in [4.69, 9.17) is 5.73 Å². The van der Waals surface area contributed by atoms with Crippen LogP contribution in [0.3, 0.4) is 0 Å². The lowest BCUT2D eigenvalue weighted by atomic mass is 10.1. The molecule has 0 atom stereocenters. The number of anilines is 1. The Hall–Kier alpha value is -2.02. The van der Waals surface area contributed by atoms with Crippen LogP contribution in [-0.4, -0.2) is 13.0 Å². The molecule has 128 valence electrons. The van der Waals surface area contributed by atoms with Crippen LogP contribution in [0.1, 0.15) is 18.1 Å². The van der Waals surface area contributed by atoms with Crippen LogP contribution in [0.15, 0.2) is 51.9 Å². The Morgan fingerprint density at radius 1 is 1.21 bits per heavy atom. The molecule has 0 aromatic heterocycles. The average Bonchev–Trinajstić information content (AvgIpc) is 2.55. The molecular formula is C17H17BrF3N3. The Morgan fingerprint density at radius 2 is 1.92 bits per heavy atom. The van der Waals surface area contributed by atoms with Gasteiger partial charge in [0.2, 0.25) is 5.96 Å². The van der Waals surface area contributed by atoms with Gasteiger partial charge in [-0.15, -0.1) is 0 Å². The smallest absolute Gasteiger partial charge is 0.369 e. The van der Waals surface area contributed by atoms with Crippen molar-refractivity contribution in [1.29, 1.82) is 0 Å². The molecule has 0 aliphatic rings. The van der Waals surface area contributed by atoms with E-state index in [-0.39, 0.29) is 10.4 Å². The number of guanidine groups is 1. The molecule has 0 unspecified atom stereocenters. The van der Waals surface area contributed by atoms with Crippen LogP contribution in [0.5, 0.6) is 0 Å². The molecule has 0 radical (unpaired) electrons. The zero-order valence-electron chi connectivity index (χ0n) is 13.2. The van der Waals surface area contributed by atoms with Crippen molar-refractivity contribution in [2.24, 2.45) is 10.7 Å². The molecule has 0 fully saturated rings. The monoisotopic (exact) mass is 399 g/mol. The Kier molecular flexibility index (Phi) is 5.54. The van der Waals surface area contributed by atoms with Gasteiger partial charge < -0.3 is 10.6 Å². The van der Waals surface area contributed by atoms with Gasteiger partial charge in [0, 0.05) is 17.2 Å². The first-order valence-electron chi connectivity index (χ1n) is 7.26. The maximum Gasteiger partial charge on any atom is 0.416 e. The van der Waals surface area contributed by atoms with Crippen LogP contribution < -0.4 is 10.6 Å². The SMILES string of the molecule is CCc1cccc(N(C)C(N)=Nc2ccc(C(F)(F)F)cc2Br)c1. The minimum atomic E-state index is -4.40. The van der Waals surface area contributed by atoms with Gasteiger partial charge in [-0.2, -0.15) is 13.2 Å². The molecule has 2 aromatic carbocycles. The van der Waals surface area contributed by atoms with Crippen molar-refractivity contribution in [3.8, 4) is 0 Å². The zero-order valence-corrected chi connectivity index (χ0v) is 14.8. The Bertz CT molecular complexity index is 757. The number of benzene rings is 2. The number of hydrogen-bond donors (Lipinski definition) is 1. The molecule has 2 N–H and O–H groups in total. The summed E-state index contributed by atoms with van der Waals surface area (Å²) in [4.78, 5) is 5.90. The third-order valence-corrected chi connectivity index (χ3v) is 4.19. The molecule has 0 aliphatic heterocycles. The summed E-state index contributed by atoms with van der Waals surface area (Å²) in [5.74, 6) is 0.184. The second kappa shape index (κ2) is 7.25. The molecule has 0 saturated heterocycles. The Balaban J connectivity index is 2.29. The number of aliphatic imine (C=N–C) groups is 1. The van der Waals surface area contributed by atoms with Crippen LogP contribution in [0.25, 0.3) is 0 Å². The summed E-state index contributed by atoms with van der Waals surface area (Å²) in [5, 5.41) is 0. The fourth-order valence-corrected chi connectivity index (χ4v) is 2.56. The predicted octanol–water partition coefficient (Wildman–Crippen LogP) is 5.11. The molecule has 0 aliphatic carbocycles. The number of hydrogen-bond acceptors (Lipinski definition) is 1. The lowest BCUT2D eigenvalue weighted by Crippen LogP contribution is -2.33. The number of halogens is 4. The van der Waals surface area contributed by atoms with Gasteiger partial charge in [0.05, 0.1) is 11.3 Å². The highest BCUT2D eigenvalue weighted by molar-refractivity contribution is 9.10. The van der Waals surface area contributed by atoms with Gasteiger partial charge in [-0.3, -0.25) is 0 Å². The molecule has 0 spiro atoms. The first-order valence-corrected chi connectivity index (χ1v) is 8.05. The van der Waals surface area contributed by atoms with E-state index in [2.05, 4.69) is 27.8 Å². The third kappa shape index (κ3) is 4.29. The van der Waals surface area contributed by atoms with Gasteiger partial charge >= 0.3 is 6.18 Å². The molecule has 2 aromatic rings. The second-order valence-electron chi connectivity index (χ2n) is 5.22. The maximum absolute atomic E-state index is 12.7. The lowest BCUT2D eigenvalue weighted by Gasteiger charge is -2.19. The van der Waals surface area contributed by atoms with E-state index < -0.39 is 11.7 Å². The normalized spacial score (nSPS) is 12.3. The van der Waals surface area contributed by atoms with E-state index >= 15 is 0 Å². The highest BCUT2D eigenvalue weighted by Gasteiger charge is 2.30. The minimum absolute atomic E-state index is 0.184. The topological polar surface area (TPSA) is 41.6 Å². The summed E-state index contributed by atoms with van der Waals surface area (Å²) in [7, 11) is 1.76. The zero-order chi connectivity index (χ0) is 17.9. The summed E-state index contributed by atoms with van der Waals surface area (Å²) < 4.78 is 38.3. The van der Waals surface area contributed by atoms with Gasteiger partial charge in [-0.25, -0.2) is 4.99 Å². The van der Waals surface area contributed by atoms with E-state index in [1.807, 2.05) is 24.3 Å². The summed E-state index contributed by atoms with van der Waals surface area (Å²) in [6.45, 7) is 2.05. The summed E-state index contributed by atoms with van der Waals surface area (Å²) in [6.07, 6.45) is -3.50. The van der Waals surface area contributed by atoms with Gasteiger partial charge in [0.25, 0.3) is 0 Å². The first-order chi connectivity index (χ1) is 11.2. The van der Waals surface area contributed by atoms with Crippen LogP contribution in [0, 0.1) is 0 Å². The minimum Gasteiger partial charge on any atom is -0.369 e. The van der Waals surface area contributed by atoms with E-state index in [0.717, 1.165) is 29.8 Å². The molecule has 0 heterocycles. The van der Waals surface area contributed by atoms with Crippen molar-refractivity contribution in [1.82, 2.24) is 0 Å². The highest BCUT2D eigenvalue weighted by Crippen LogP contribution is 2.35. The second-order valence-corrected chi connectivity index (χ2v) is 6.07. The molecule has 3 nitrogen and oxygen atoms in total. The molecule has 0 saturated carbocycles. The summed E-state index contributed by atoms with van der Waals surface area (Å²) in [6, 6.07) is 11.1. The average molecular weight is 400 g/mol. The quantitative estimate of drug-likeness (QED) is 0.575. The number of rotatable bonds is 3. The largest absolute Gasteiger partial charge is 0.416 e. The number of aryl methyl sites for hydroxylation is 1. The van der Waals surface area contributed by atoms with Crippen molar-refractivity contribution in [2.75, 3.05) is 11.9 Å². The first kappa shape index (κ1) is 18.3. The number of nitrogens with zero attached hydrogens (tertiary/aromatic N) is 2. The van der Waals surface area contributed by atoms with Crippen molar-refractivity contribution in [3.05, 3.63) is 58.1 Å². The Labute approximate surface area is 147 Å². The lowest BCUT2D eigenvalue weighted by molar-refractivity contribution is -0.137. The molecule has 7 heteroatoms. The molecular weight excluding hydrogens is 383 g/mol.